The van der Waals surface area contributed by atoms with E-state index in [4.69, 9.17) is 15.1 Å². The van der Waals surface area contributed by atoms with Crippen molar-refractivity contribution in [2.75, 3.05) is 17.2 Å². The van der Waals surface area contributed by atoms with E-state index in [-0.39, 0.29) is 24.0 Å². The molecule has 2 heterocycles. The molecule has 1 saturated heterocycles. The lowest BCUT2D eigenvalue weighted by atomic mass is 10.1. The molecule has 3 rings (SSSR count). The molecule has 1 unspecified atom stereocenters. The van der Waals surface area contributed by atoms with Crippen molar-refractivity contribution >= 4 is 42.4 Å². The first-order valence-electron chi connectivity index (χ1n) is 6.98. The summed E-state index contributed by atoms with van der Waals surface area (Å²) in [6, 6.07) is 5.34. The maximum absolute atomic E-state index is 12.1. The van der Waals surface area contributed by atoms with E-state index in [1.165, 1.54) is 0 Å². The fourth-order valence-electron chi connectivity index (χ4n) is 2.71. The van der Waals surface area contributed by atoms with Gasteiger partial charge in [-0.3, -0.25) is 4.79 Å². The number of carbonyl (C=O) groups is 1. The van der Waals surface area contributed by atoms with Crippen molar-refractivity contribution in [3.63, 3.8) is 0 Å². The van der Waals surface area contributed by atoms with E-state index in [2.05, 4.69) is 4.98 Å². The van der Waals surface area contributed by atoms with Gasteiger partial charge in [0.15, 0.2) is 11.5 Å². The van der Waals surface area contributed by atoms with Crippen LogP contribution < -0.4 is 4.90 Å². The highest BCUT2D eigenvalue weighted by molar-refractivity contribution is 8.13. The summed E-state index contributed by atoms with van der Waals surface area (Å²) in [6.45, 7) is 2.29. The number of fused-ring (bicyclic) bond motifs is 1. The Morgan fingerprint density at radius 1 is 1.45 bits per heavy atom. The van der Waals surface area contributed by atoms with Gasteiger partial charge in [0, 0.05) is 41.7 Å². The van der Waals surface area contributed by atoms with Gasteiger partial charge in [-0.25, -0.2) is 13.4 Å². The average Bonchev–Trinajstić information content (AvgIpc) is 2.98. The van der Waals surface area contributed by atoms with E-state index in [1.807, 2.05) is 6.92 Å². The van der Waals surface area contributed by atoms with E-state index in [9.17, 15) is 13.2 Å². The zero-order chi connectivity index (χ0) is 15.9. The van der Waals surface area contributed by atoms with Crippen LogP contribution >= 0.6 is 10.7 Å². The summed E-state index contributed by atoms with van der Waals surface area (Å²) in [5, 5.41) is 0. The summed E-state index contributed by atoms with van der Waals surface area (Å²) in [4.78, 5) is 18.0. The maximum atomic E-state index is 12.1. The Bertz CT molecular complexity index is 830. The molecular weight excluding hydrogens is 328 g/mol. The number of hydrogen-bond donors (Lipinski definition) is 0. The molecule has 0 spiro atoms. The monoisotopic (exact) mass is 342 g/mol. The predicted octanol–water partition coefficient (Wildman–Crippen LogP) is 2.31. The fourth-order valence-corrected chi connectivity index (χ4v) is 4.03. The van der Waals surface area contributed by atoms with Crippen LogP contribution in [0.25, 0.3) is 11.1 Å². The molecule has 0 radical (unpaired) electrons. The molecule has 8 heteroatoms. The highest BCUT2D eigenvalue weighted by Gasteiger charge is 2.33. The van der Waals surface area contributed by atoms with Gasteiger partial charge < -0.3 is 9.32 Å². The van der Waals surface area contributed by atoms with Crippen LogP contribution in [0.5, 0.6) is 0 Å². The third kappa shape index (κ3) is 3.10. The molecule has 1 aliphatic rings. The first-order valence-corrected chi connectivity index (χ1v) is 9.45. The fraction of sp³-hybridized carbons (Fsp3) is 0.429. The quantitative estimate of drug-likeness (QED) is 0.796. The van der Waals surface area contributed by atoms with E-state index >= 15 is 0 Å². The zero-order valence-corrected chi connectivity index (χ0v) is 13.5. The zero-order valence-electron chi connectivity index (χ0n) is 12.0. The largest absolute Gasteiger partial charge is 0.441 e. The number of nitrogens with zero attached hydrogens (tertiary/aromatic N) is 2. The molecular formula is C14H15ClN2O4S. The van der Waals surface area contributed by atoms with Gasteiger partial charge in [0.05, 0.1) is 5.75 Å². The summed E-state index contributed by atoms with van der Waals surface area (Å²) in [5.41, 5.74) is 2.06. The SMILES string of the molecule is CCc1nc2cc(N3CC(CS(=O)(=O)Cl)CC3=O)ccc2o1. The molecule has 1 aliphatic heterocycles. The topological polar surface area (TPSA) is 80.5 Å². The van der Waals surface area contributed by atoms with Crippen molar-refractivity contribution < 1.29 is 17.6 Å². The number of hydrogen-bond acceptors (Lipinski definition) is 5. The van der Waals surface area contributed by atoms with Gasteiger partial charge in [0.2, 0.25) is 15.0 Å². The lowest BCUT2D eigenvalue weighted by Gasteiger charge is -2.16. The molecule has 22 heavy (non-hydrogen) atoms. The van der Waals surface area contributed by atoms with E-state index in [1.54, 1.807) is 23.1 Å². The van der Waals surface area contributed by atoms with Gasteiger partial charge >= 0.3 is 0 Å². The van der Waals surface area contributed by atoms with Crippen LogP contribution in [0.2, 0.25) is 0 Å². The van der Waals surface area contributed by atoms with Crippen LogP contribution in [0.3, 0.4) is 0 Å². The lowest BCUT2D eigenvalue weighted by Crippen LogP contribution is -2.25. The average molecular weight is 343 g/mol. The van der Waals surface area contributed by atoms with Crippen molar-refractivity contribution in [2.45, 2.75) is 19.8 Å². The smallest absolute Gasteiger partial charge is 0.232 e. The minimum atomic E-state index is -3.61. The van der Waals surface area contributed by atoms with Crippen LogP contribution in [-0.2, 0) is 20.3 Å². The molecule has 2 aromatic rings. The molecule has 1 aromatic carbocycles. The van der Waals surface area contributed by atoms with Crippen molar-refractivity contribution in [1.29, 1.82) is 0 Å². The Kier molecular flexibility index (Phi) is 3.86. The van der Waals surface area contributed by atoms with Crippen LogP contribution in [-0.4, -0.2) is 31.6 Å². The molecule has 1 fully saturated rings. The Balaban J connectivity index is 1.86. The van der Waals surface area contributed by atoms with Crippen LogP contribution in [0.15, 0.2) is 22.6 Å². The number of aromatic nitrogens is 1. The lowest BCUT2D eigenvalue weighted by molar-refractivity contribution is -0.117. The van der Waals surface area contributed by atoms with Gasteiger partial charge in [-0.05, 0) is 18.2 Å². The minimum absolute atomic E-state index is 0.108. The number of aryl methyl sites for hydroxylation is 1. The number of anilines is 1. The molecule has 1 amide bonds. The summed E-state index contributed by atoms with van der Waals surface area (Å²) in [5.74, 6) is 0.0623. The number of rotatable bonds is 4. The van der Waals surface area contributed by atoms with Crippen molar-refractivity contribution in [3.05, 3.63) is 24.1 Å². The highest BCUT2D eigenvalue weighted by Crippen LogP contribution is 2.29. The number of carbonyl (C=O) groups excluding carboxylic acids is 1. The second kappa shape index (κ2) is 5.55. The van der Waals surface area contributed by atoms with Gasteiger partial charge in [0.1, 0.15) is 5.52 Å². The van der Waals surface area contributed by atoms with E-state index in [0.717, 1.165) is 0 Å². The Labute approximate surface area is 132 Å². The van der Waals surface area contributed by atoms with Crippen LogP contribution in [0.1, 0.15) is 19.2 Å². The van der Waals surface area contributed by atoms with Crippen molar-refractivity contribution in [3.8, 4) is 0 Å². The molecule has 0 aliphatic carbocycles. The number of benzene rings is 1. The maximum Gasteiger partial charge on any atom is 0.232 e. The number of amides is 1. The second-order valence-electron chi connectivity index (χ2n) is 5.39. The van der Waals surface area contributed by atoms with Gasteiger partial charge in [0.25, 0.3) is 0 Å². The van der Waals surface area contributed by atoms with Crippen molar-refractivity contribution in [2.24, 2.45) is 5.92 Å². The first kappa shape index (κ1) is 15.3. The molecule has 0 N–H and O–H groups in total. The summed E-state index contributed by atoms with van der Waals surface area (Å²) in [6.07, 6.45) is 0.880. The summed E-state index contributed by atoms with van der Waals surface area (Å²) in [7, 11) is 1.67. The normalized spacial score (nSPS) is 19.3. The summed E-state index contributed by atoms with van der Waals surface area (Å²) >= 11 is 0. The molecule has 1 atom stereocenters. The predicted molar refractivity (Wildman–Crippen MR) is 83.5 cm³/mol. The van der Waals surface area contributed by atoms with Crippen molar-refractivity contribution in [1.82, 2.24) is 4.98 Å². The van der Waals surface area contributed by atoms with Gasteiger partial charge in [-0.1, -0.05) is 6.92 Å². The molecule has 6 nitrogen and oxygen atoms in total. The third-order valence-corrected chi connectivity index (χ3v) is 4.92. The van der Waals surface area contributed by atoms with Gasteiger partial charge in [-0.2, -0.15) is 0 Å². The third-order valence-electron chi connectivity index (χ3n) is 3.67. The Hall–Kier alpha value is -1.60. The Morgan fingerprint density at radius 3 is 2.91 bits per heavy atom. The molecule has 118 valence electrons. The Morgan fingerprint density at radius 2 is 2.23 bits per heavy atom. The standard InChI is InChI=1S/C14H15ClN2O4S/c1-2-13-16-11-6-10(3-4-12(11)21-13)17-7-9(5-14(17)18)8-22(15,19)20/h3-4,6,9H,2,5,7-8H2,1H3. The number of halogens is 1. The number of oxazole rings is 1. The van der Waals surface area contributed by atoms with Crippen LogP contribution in [0, 0.1) is 5.92 Å². The molecule has 1 aromatic heterocycles. The van der Waals surface area contributed by atoms with E-state index in [0.29, 0.717) is 35.6 Å². The molecule has 0 saturated carbocycles. The van der Waals surface area contributed by atoms with Gasteiger partial charge in [-0.15, -0.1) is 0 Å². The highest BCUT2D eigenvalue weighted by atomic mass is 35.7. The minimum Gasteiger partial charge on any atom is -0.441 e. The van der Waals surface area contributed by atoms with E-state index < -0.39 is 9.05 Å². The molecule has 0 bridgehead atoms. The summed E-state index contributed by atoms with van der Waals surface area (Å²) < 4.78 is 27.9. The second-order valence-corrected chi connectivity index (χ2v) is 8.21. The van der Waals surface area contributed by atoms with Crippen LogP contribution in [0.4, 0.5) is 5.69 Å². The first-order chi connectivity index (χ1) is 10.4.